The first-order chi connectivity index (χ1) is 63.8. The number of phenolic OH excluding ortho intramolecular Hbond substituents is 2. The van der Waals surface area contributed by atoms with Crippen LogP contribution in [-0.4, -0.2) is 182 Å². The normalized spacial score (nSPS) is 20.3. The molecular formula is C120H218N12O6S. The summed E-state index contributed by atoms with van der Waals surface area (Å²) in [6, 6.07) is 10.4. The minimum Gasteiger partial charge on any atom is -0.507 e. The molecule has 0 radical (unpaired) electrons. The van der Waals surface area contributed by atoms with Crippen molar-refractivity contribution in [3.63, 3.8) is 0 Å². The first-order valence-corrected chi connectivity index (χ1v) is 57.0. The summed E-state index contributed by atoms with van der Waals surface area (Å²) in [6.07, 6.45) is 36.2. The number of unbranched alkanes of at least 4 members (excludes halogenated alkanes) is 11. The van der Waals surface area contributed by atoms with Gasteiger partial charge in [0.05, 0.1) is 26.4 Å². The van der Waals surface area contributed by atoms with E-state index in [1.54, 1.807) is 0 Å². The number of carbonyl (C=O) groups excluding carboxylic acids is 2. The highest BCUT2D eigenvalue weighted by molar-refractivity contribution is 7.99. The van der Waals surface area contributed by atoms with Gasteiger partial charge in [0.25, 0.3) is 0 Å². The predicted octanol–water partition coefficient (Wildman–Crippen LogP) is 27.8. The highest BCUT2D eigenvalue weighted by Crippen LogP contribution is 2.52. The number of aryl methyl sites for hydroxylation is 2. The molecule has 2 amide bonds. The summed E-state index contributed by atoms with van der Waals surface area (Å²) in [4.78, 5) is 55.1. The number of anilines is 2. The van der Waals surface area contributed by atoms with Crippen LogP contribution in [0, 0.1) is 38.4 Å². The largest absolute Gasteiger partial charge is 0.507 e. The fraction of sp³-hybridized carbons (Fsp3) is 0.858. The van der Waals surface area contributed by atoms with Crippen molar-refractivity contribution in [3.05, 3.63) is 57.6 Å². The molecule has 8 N–H and O–H groups in total. The number of piperidine rings is 2. The fourth-order valence-electron chi connectivity index (χ4n) is 26.6. The first kappa shape index (κ1) is 122. The maximum atomic E-state index is 14.4. The summed E-state index contributed by atoms with van der Waals surface area (Å²) in [5, 5.41) is 39.1. The molecule has 5 fully saturated rings. The summed E-state index contributed by atoms with van der Waals surface area (Å²) in [5.74, 6) is 4.58. The number of aromatic nitrogens is 3. The summed E-state index contributed by atoms with van der Waals surface area (Å²) in [6.45, 7) is 91.3. The predicted molar refractivity (Wildman–Crippen MR) is 595 cm³/mol. The van der Waals surface area contributed by atoms with Gasteiger partial charge in [-0.05, 0) is 317 Å². The Bertz CT molecular complexity index is 3860. The van der Waals surface area contributed by atoms with Crippen molar-refractivity contribution in [3.8, 4) is 11.5 Å². The molecule has 3 saturated carbocycles. The molecule has 800 valence electrons. The Morgan fingerprint density at radius 2 is 0.770 bits per heavy atom. The van der Waals surface area contributed by atoms with Gasteiger partial charge in [-0.2, -0.15) is 15.0 Å². The average Bonchev–Trinajstić information content (AvgIpc) is 0.773. The number of benzene rings is 2. The lowest BCUT2D eigenvalue weighted by atomic mass is 9.63. The van der Waals surface area contributed by atoms with E-state index in [2.05, 4.69) is 321 Å². The minimum atomic E-state index is -0.245. The van der Waals surface area contributed by atoms with Gasteiger partial charge >= 0.3 is 0 Å². The molecule has 139 heavy (non-hydrogen) atoms. The standard InChI is InChI=1S/C62H120N8S.C58H98N4O6/c1-18-19-20-21-26-31-36-71-55-67-53(69(51-41-58(8,9)46-59(10,11)42-51)34-29-24-22-27-32-64-49(37-48(2)3)40-62(16,17)63)66-54(68-55)70(52-43-60(12,13)47-61(14,15)44-52)35-30-25-23-28-33-65-50-38-56(4,5)45-57(6,7)39-50;1-51(2,3)43-31-39(32-44(49(43)65)52(4,5)6)21-23-47(63)61(41-35-55(13,14)59-56(15,16)36-41)25-27-67-29-30-68-28-26-62(42-37-57(17,18)60-58(19,20)38-42)48(64)24-22-40-33-45(53(7,8)9)50(66)46(34-40)54(10,11)12/h48-52,64-65H,18-47,63H2,1-17H3;31-34,41-42,59-60,65-66H,21-30,35-38H2,1-20H3. The zero-order valence-corrected chi connectivity index (χ0v) is 97.9. The molecule has 5 aliphatic rings. The van der Waals surface area contributed by atoms with Crippen molar-refractivity contribution >= 4 is 35.5 Å². The number of hydrogen-bond donors (Lipinski definition) is 7. The van der Waals surface area contributed by atoms with Crippen LogP contribution >= 0.6 is 11.8 Å². The Labute approximate surface area is 858 Å². The number of carbonyl (C=O) groups is 2. The second kappa shape index (κ2) is 50.6. The number of nitrogens with zero attached hydrogens (tertiary/aromatic N) is 7. The summed E-state index contributed by atoms with van der Waals surface area (Å²) >= 11 is 1.90. The number of nitrogens with two attached hydrogens (primary N) is 1. The van der Waals surface area contributed by atoms with Gasteiger partial charge in [-0.15, -0.1) is 0 Å². The molecule has 3 aromatic rings. The topological polar surface area (TPSA) is 219 Å². The maximum Gasteiger partial charge on any atom is 0.231 e. The highest BCUT2D eigenvalue weighted by atomic mass is 32.2. The maximum absolute atomic E-state index is 14.4. The monoisotopic (exact) mass is 1960 g/mol. The Balaban J connectivity index is 0.000000378. The van der Waals surface area contributed by atoms with Gasteiger partial charge < -0.3 is 66.3 Å². The van der Waals surface area contributed by atoms with Gasteiger partial charge in [-0.25, -0.2) is 0 Å². The van der Waals surface area contributed by atoms with Crippen LogP contribution in [0.25, 0.3) is 0 Å². The molecule has 18 nitrogen and oxygen atoms in total. The van der Waals surface area contributed by atoms with Gasteiger partial charge in [-0.1, -0.05) is 281 Å². The lowest BCUT2D eigenvalue weighted by Gasteiger charge is -2.49. The molecule has 3 aliphatic carbocycles. The second-order valence-electron chi connectivity index (χ2n) is 57.6. The third kappa shape index (κ3) is 42.1. The van der Waals surface area contributed by atoms with Crippen molar-refractivity contribution in [1.82, 2.24) is 46.0 Å². The number of thioether (sulfide) groups is 1. The average molecular weight is 1960 g/mol. The van der Waals surface area contributed by atoms with Crippen LogP contribution in [-0.2, 0) is 53.6 Å². The second-order valence-corrected chi connectivity index (χ2v) is 58.7. The summed E-state index contributed by atoms with van der Waals surface area (Å²) < 4.78 is 12.4. The van der Waals surface area contributed by atoms with Crippen LogP contribution in [0.3, 0.4) is 0 Å². The zero-order chi connectivity index (χ0) is 104. The number of hydrogen-bond acceptors (Lipinski definition) is 17. The number of amides is 2. The zero-order valence-electron chi connectivity index (χ0n) is 97.1. The molecule has 19 heteroatoms. The third-order valence-electron chi connectivity index (χ3n) is 30.4. The van der Waals surface area contributed by atoms with E-state index < -0.39 is 0 Å². The molecular weight excluding hydrogens is 1740 g/mol. The van der Waals surface area contributed by atoms with Crippen LogP contribution < -0.4 is 36.8 Å². The quantitative estimate of drug-likeness (QED) is 0.0206. The number of aromatic hydroxyl groups is 2. The van der Waals surface area contributed by atoms with E-state index in [1.165, 1.54) is 148 Å². The van der Waals surface area contributed by atoms with Crippen molar-refractivity contribution in [1.29, 1.82) is 0 Å². The third-order valence-corrected chi connectivity index (χ3v) is 31.3. The molecule has 1 aromatic heterocycles. The van der Waals surface area contributed by atoms with Gasteiger partial charge in [0.2, 0.25) is 23.7 Å². The first-order valence-electron chi connectivity index (χ1n) is 56.0. The van der Waals surface area contributed by atoms with E-state index in [0.29, 0.717) is 118 Å². The smallest absolute Gasteiger partial charge is 0.231 e. The van der Waals surface area contributed by atoms with Crippen molar-refractivity contribution in [2.45, 2.75) is 559 Å². The Hall–Kier alpha value is -4.34. The Morgan fingerprint density at radius 3 is 1.12 bits per heavy atom. The Kier molecular flexibility index (Phi) is 44.2. The Morgan fingerprint density at radius 1 is 0.439 bits per heavy atom. The lowest BCUT2D eigenvalue weighted by Crippen LogP contribution is -2.63. The minimum absolute atomic E-state index is 0.0623. The molecule has 1 atom stereocenters. The van der Waals surface area contributed by atoms with Gasteiger partial charge in [0, 0.05) is 109 Å². The number of nitrogens with one attached hydrogen (secondary N) is 4. The number of phenols is 2. The molecule has 2 saturated heterocycles. The molecule has 0 spiro atoms. The summed E-state index contributed by atoms with van der Waals surface area (Å²) in [5.41, 5.74) is 12.5. The van der Waals surface area contributed by atoms with Crippen molar-refractivity contribution < 1.29 is 29.3 Å². The molecule has 8 rings (SSSR count). The van der Waals surface area contributed by atoms with Crippen LogP contribution in [0.5, 0.6) is 11.5 Å². The van der Waals surface area contributed by atoms with E-state index in [1.807, 2.05) is 11.8 Å². The molecule has 1 unspecified atom stereocenters. The van der Waals surface area contributed by atoms with Crippen LogP contribution in [0.15, 0.2) is 29.4 Å². The molecule has 0 bridgehead atoms. The van der Waals surface area contributed by atoms with E-state index in [-0.39, 0.29) is 94.9 Å². The van der Waals surface area contributed by atoms with E-state index in [4.69, 9.17) is 30.2 Å². The summed E-state index contributed by atoms with van der Waals surface area (Å²) in [7, 11) is 0. The number of ether oxygens (including phenoxy) is 2. The lowest BCUT2D eigenvalue weighted by molar-refractivity contribution is -0.137. The van der Waals surface area contributed by atoms with E-state index in [9.17, 15) is 19.8 Å². The van der Waals surface area contributed by atoms with E-state index >= 15 is 0 Å². The highest BCUT2D eigenvalue weighted by Gasteiger charge is 2.48. The van der Waals surface area contributed by atoms with E-state index in [0.717, 1.165) is 121 Å². The number of rotatable bonds is 49. The van der Waals surface area contributed by atoms with Gasteiger partial charge in [0.15, 0.2) is 5.16 Å². The van der Waals surface area contributed by atoms with Crippen LogP contribution in [0.2, 0.25) is 0 Å². The van der Waals surface area contributed by atoms with Crippen LogP contribution in [0.4, 0.5) is 11.9 Å². The molecule has 2 aromatic carbocycles. The van der Waals surface area contributed by atoms with Gasteiger partial charge in [0.1, 0.15) is 11.5 Å². The van der Waals surface area contributed by atoms with Gasteiger partial charge in [-0.3, -0.25) is 9.59 Å². The molecule has 2 aliphatic heterocycles. The molecule has 3 heterocycles. The van der Waals surface area contributed by atoms with Crippen LogP contribution in [0.1, 0.15) is 489 Å². The van der Waals surface area contributed by atoms with Crippen molar-refractivity contribution in [2.24, 2.45) is 44.1 Å². The SMILES string of the molecule is CC1(C)CC(N(CCOCCOCCN(C(=O)CCc2cc(C(C)(C)C)c(O)c(C(C)(C)C)c2)C2CC(C)(C)NC(C)(C)C2)C(=O)CCc2cc(C(C)(C)C)c(O)c(C(C)(C)C)c2)CC(C)(C)N1.CCCCCCCCSc1nc(N(CCCCCCNC(CC(C)C)CC(C)(C)N)C2CC(C)(C)CC(C)(C)C2)nc(N(CCCCCCNC2CC(C)(C)CC(C)(C)C2)C2CC(C)(C)CC(C)(C)C2)n1. The van der Waals surface area contributed by atoms with Crippen molar-refractivity contribution in [2.75, 3.05) is 81.2 Å². The fourth-order valence-corrected chi connectivity index (χ4v) is 27.4.